The Labute approximate surface area is 101 Å². The molecule has 1 aromatic rings. The fraction of sp³-hybridized carbons (Fsp3) is 0.500. The predicted octanol–water partition coefficient (Wildman–Crippen LogP) is 2.45. The van der Waals surface area contributed by atoms with Crippen molar-refractivity contribution in [1.82, 2.24) is 0 Å². The van der Waals surface area contributed by atoms with Crippen molar-refractivity contribution >= 4 is 11.7 Å². The van der Waals surface area contributed by atoms with Crippen LogP contribution in [0, 0.1) is 5.41 Å². The smallest absolute Gasteiger partial charge is 0.309 e. The number of carboxylic acid groups (broad SMARTS) is 1. The van der Waals surface area contributed by atoms with Crippen LogP contribution in [-0.2, 0) is 17.6 Å². The van der Waals surface area contributed by atoms with Gasteiger partial charge in [0.2, 0.25) is 0 Å². The van der Waals surface area contributed by atoms with Crippen LogP contribution < -0.4 is 5.32 Å². The molecule has 1 saturated carbocycles. The second-order valence-corrected chi connectivity index (χ2v) is 5.28. The number of carboxylic acids is 1. The van der Waals surface area contributed by atoms with Crippen molar-refractivity contribution in [1.29, 1.82) is 0 Å². The van der Waals surface area contributed by atoms with Gasteiger partial charge in [-0.2, -0.15) is 0 Å². The van der Waals surface area contributed by atoms with Gasteiger partial charge >= 0.3 is 5.97 Å². The maximum atomic E-state index is 11.3. The van der Waals surface area contributed by atoms with E-state index >= 15 is 0 Å². The molecule has 1 aliphatic carbocycles. The zero-order chi connectivity index (χ0) is 11.9. The molecule has 90 valence electrons. The first-order chi connectivity index (χ1) is 8.20. The predicted molar refractivity (Wildman–Crippen MR) is 66.3 cm³/mol. The van der Waals surface area contributed by atoms with Crippen molar-refractivity contribution in [2.75, 3.05) is 11.9 Å². The van der Waals surface area contributed by atoms with Crippen molar-refractivity contribution in [3.63, 3.8) is 0 Å². The molecule has 0 bridgehead atoms. The minimum absolute atomic E-state index is 0.472. The lowest BCUT2D eigenvalue weighted by Gasteiger charge is -2.37. The van der Waals surface area contributed by atoms with Gasteiger partial charge in [-0.25, -0.2) is 0 Å². The number of aliphatic carboxylic acids is 1. The minimum atomic E-state index is -0.623. The largest absolute Gasteiger partial charge is 0.481 e. The average Bonchev–Trinajstić information content (AvgIpc) is 2.69. The van der Waals surface area contributed by atoms with Crippen molar-refractivity contribution in [2.24, 2.45) is 5.41 Å². The fourth-order valence-electron chi connectivity index (χ4n) is 2.93. The summed E-state index contributed by atoms with van der Waals surface area (Å²) in [5.41, 5.74) is 3.25. The van der Waals surface area contributed by atoms with Crippen LogP contribution in [0.25, 0.3) is 0 Å². The van der Waals surface area contributed by atoms with Gasteiger partial charge in [0.25, 0.3) is 0 Å². The van der Waals surface area contributed by atoms with E-state index in [0.29, 0.717) is 6.42 Å². The highest BCUT2D eigenvalue weighted by molar-refractivity contribution is 5.76. The minimum Gasteiger partial charge on any atom is -0.481 e. The van der Waals surface area contributed by atoms with Crippen LogP contribution in [0.4, 0.5) is 5.69 Å². The third-order valence-corrected chi connectivity index (χ3v) is 4.19. The molecule has 1 aliphatic heterocycles. The summed E-state index contributed by atoms with van der Waals surface area (Å²) >= 11 is 0. The standard InChI is InChI=1S/C14H17NO2/c16-13(17)14(5-1-6-14)9-10-2-3-12-11(8-10)4-7-15-12/h2-3,8,15H,1,4-7,9H2,(H,16,17). The van der Waals surface area contributed by atoms with Gasteiger partial charge in [0.05, 0.1) is 5.41 Å². The lowest BCUT2D eigenvalue weighted by atomic mass is 9.65. The summed E-state index contributed by atoms with van der Waals surface area (Å²) in [6.07, 6.45) is 4.47. The molecule has 0 radical (unpaired) electrons. The third-order valence-electron chi connectivity index (χ3n) is 4.19. The maximum absolute atomic E-state index is 11.3. The first-order valence-corrected chi connectivity index (χ1v) is 6.29. The quantitative estimate of drug-likeness (QED) is 0.840. The van der Waals surface area contributed by atoms with Gasteiger partial charge in [0.1, 0.15) is 0 Å². The van der Waals surface area contributed by atoms with E-state index < -0.39 is 11.4 Å². The average molecular weight is 231 g/mol. The summed E-state index contributed by atoms with van der Waals surface area (Å²) in [5, 5.41) is 12.7. The van der Waals surface area contributed by atoms with Gasteiger partial charge in [0.15, 0.2) is 0 Å². The molecule has 0 saturated heterocycles. The van der Waals surface area contributed by atoms with Crippen LogP contribution in [0.1, 0.15) is 30.4 Å². The summed E-state index contributed by atoms with van der Waals surface area (Å²) in [7, 11) is 0. The van der Waals surface area contributed by atoms with Crippen LogP contribution in [0.5, 0.6) is 0 Å². The van der Waals surface area contributed by atoms with Crippen molar-refractivity contribution in [2.45, 2.75) is 32.1 Å². The number of anilines is 1. The number of hydrogen-bond donors (Lipinski definition) is 2. The fourth-order valence-corrected chi connectivity index (χ4v) is 2.93. The van der Waals surface area contributed by atoms with Crippen LogP contribution in [0.3, 0.4) is 0 Å². The van der Waals surface area contributed by atoms with E-state index in [9.17, 15) is 9.90 Å². The van der Waals surface area contributed by atoms with Crippen LogP contribution in [-0.4, -0.2) is 17.6 Å². The Morgan fingerprint density at radius 3 is 2.88 bits per heavy atom. The Kier molecular flexibility index (Phi) is 2.35. The molecule has 0 unspecified atom stereocenters. The summed E-state index contributed by atoms with van der Waals surface area (Å²) in [6, 6.07) is 6.34. The molecular weight excluding hydrogens is 214 g/mol. The summed E-state index contributed by atoms with van der Waals surface area (Å²) in [6.45, 7) is 1.00. The molecule has 1 fully saturated rings. The first-order valence-electron chi connectivity index (χ1n) is 6.29. The van der Waals surface area contributed by atoms with Crippen LogP contribution in [0.2, 0.25) is 0 Å². The maximum Gasteiger partial charge on any atom is 0.309 e. The van der Waals surface area contributed by atoms with E-state index in [-0.39, 0.29) is 0 Å². The highest BCUT2D eigenvalue weighted by Gasteiger charge is 2.44. The van der Waals surface area contributed by atoms with E-state index in [1.807, 2.05) is 0 Å². The van der Waals surface area contributed by atoms with Crippen LogP contribution in [0.15, 0.2) is 18.2 Å². The zero-order valence-corrected chi connectivity index (χ0v) is 9.83. The molecule has 0 spiro atoms. The van der Waals surface area contributed by atoms with E-state index in [4.69, 9.17) is 0 Å². The molecular formula is C14H17NO2. The summed E-state index contributed by atoms with van der Waals surface area (Å²) < 4.78 is 0. The lowest BCUT2D eigenvalue weighted by Crippen LogP contribution is -2.39. The number of fused-ring (bicyclic) bond motifs is 1. The molecule has 0 amide bonds. The Balaban J connectivity index is 1.83. The molecule has 3 rings (SSSR count). The van der Waals surface area contributed by atoms with E-state index in [1.54, 1.807) is 0 Å². The zero-order valence-electron chi connectivity index (χ0n) is 9.83. The molecule has 3 heteroatoms. The number of rotatable bonds is 3. The Hall–Kier alpha value is -1.51. The summed E-state index contributed by atoms with van der Waals surface area (Å²) in [5.74, 6) is -0.623. The van der Waals surface area contributed by atoms with Gasteiger partial charge in [-0.3, -0.25) is 4.79 Å². The normalized spacial score (nSPS) is 20.2. The molecule has 2 N–H and O–H groups in total. The molecule has 0 atom stereocenters. The van der Waals surface area contributed by atoms with Crippen molar-refractivity contribution in [3.8, 4) is 0 Å². The van der Waals surface area contributed by atoms with E-state index in [0.717, 1.165) is 32.2 Å². The third kappa shape index (κ3) is 1.70. The molecule has 17 heavy (non-hydrogen) atoms. The number of nitrogens with one attached hydrogen (secondary N) is 1. The van der Waals surface area contributed by atoms with Gasteiger partial charge < -0.3 is 10.4 Å². The Bertz CT molecular complexity index is 463. The molecule has 3 nitrogen and oxygen atoms in total. The first kappa shape index (κ1) is 10.6. The molecule has 1 aromatic carbocycles. The van der Waals surface area contributed by atoms with E-state index in [2.05, 4.69) is 23.5 Å². The second kappa shape index (κ2) is 3.76. The SMILES string of the molecule is O=C(O)C1(Cc2ccc3c(c2)CCN3)CCC1. The number of carbonyl (C=O) groups is 1. The molecule has 0 aromatic heterocycles. The number of hydrogen-bond acceptors (Lipinski definition) is 2. The van der Waals surface area contributed by atoms with Gasteiger partial charge in [0, 0.05) is 12.2 Å². The Morgan fingerprint density at radius 1 is 1.41 bits per heavy atom. The van der Waals surface area contributed by atoms with Crippen LogP contribution >= 0.6 is 0 Å². The van der Waals surface area contributed by atoms with Gasteiger partial charge in [-0.15, -0.1) is 0 Å². The second-order valence-electron chi connectivity index (χ2n) is 5.28. The topological polar surface area (TPSA) is 49.3 Å². The molecule has 2 aliphatic rings. The molecule has 1 heterocycles. The van der Waals surface area contributed by atoms with Crippen molar-refractivity contribution in [3.05, 3.63) is 29.3 Å². The highest BCUT2D eigenvalue weighted by Crippen LogP contribution is 2.44. The monoisotopic (exact) mass is 231 g/mol. The number of benzene rings is 1. The Morgan fingerprint density at radius 2 is 2.24 bits per heavy atom. The summed E-state index contributed by atoms with van der Waals surface area (Å²) in [4.78, 5) is 11.3. The van der Waals surface area contributed by atoms with Gasteiger partial charge in [-0.1, -0.05) is 18.6 Å². The highest BCUT2D eigenvalue weighted by atomic mass is 16.4. The van der Waals surface area contributed by atoms with Gasteiger partial charge in [-0.05, 0) is 42.9 Å². The lowest BCUT2D eigenvalue weighted by molar-refractivity contribution is -0.154. The van der Waals surface area contributed by atoms with E-state index in [1.165, 1.54) is 16.8 Å². The van der Waals surface area contributed by atoms with Crippen molar-refractivity contribution < 1.29 is 9.90 Å².